The third-order valence-electron chi connectivity index (χ3n) is 4.68. The van der Waals surface area contributed by atoms with Crippen molar-refractivity contribution in [2.75, 3.05) is 59.5 Å². The van der Waals surface area contributed by atoms with E-state index in [4.69, 9.17) is 9.47 Å². The van der Waals surface area contributed by atoms with Gasteiger partial charge < -0.3 is 24.2 Å². The Hall–Kier alpha value is -2.28. The van der Waals surface area contributed by atoms with Crippen LogP contribution in [0.5, 0.6) is 5.75 Å². The van der Waals surface area contributed by atoms with Gasteiger partial charge in [0.25, 0.3) is 5.91 Å². The van der Waals surface area contributed by atoms with E-state index >= 15 is 0 Å². The minimum Gasteiger partial charge on any atom is -0.489 e. The van der Waals surface area contributed by atoms with Crippen LogP contribution in [-0.2, 0) is 9.53 Å². The van der Waals surface area contributed by atoms with Crippen LogP contribution in [0.25, 0.3) is 0 Å². The van der Waals surface area contributed by atoms with E-state index in [9.17, 15) is 9.59 Å². The lowest BCUT2D eigenvalue weighted by atomic mass is 10.1. The third-order valence-corrected chi connectivity index (χ3v) is 4.68. The summed E-state index contributed by atoms with van der Waals surface area (Å²) >= 11 is 0. The zero-order chi connectivity index (χ0) is 19.3. The molecular formula is C19H29N3O4. The Balaban J connectivity index is 2.12. The maximum atomic E-state index is 12.6. The summed E-state index contributed by atoms with van der Waals surface area (Å²) in [6.07, 6.45) is 0.360. The van der Waals surface area contributed by atoms with Crippen molar-refractivity contribution in [2.24, 2.45) is 0 Å². The van der Waals surface area contributed by atoms with E-state index in [-0.39, 0.29) is 17.9 Å². The zero-order valence-corrected chi connectivity index (χ0v) is 16.3. The van der Waals surface area contributed by atoms with Crippen LogP contribution in [-0.4, -0.2) is 82.2 Å². The summed E-state index contributed by atoms with van der Waals surface area (Å²) in [6, 6.07) is 5.34. The van der Waals surface area contributed by atoms with Crippen LogP contribution >= 0.6 is 0 Å². The van der Waals surface area contributed by atoms with Crippen molar-refractivity contribution in [3.63, 3.8) is 0 Å². The number of ether oxygens (including phenoxy) is 2. The second-order valence-electron chi connectivity index (χ2n) is 6.63. The normalized spacial score (nSPS) is 15.9. The standard InChI is InChI=1S/C19H29N3O4/c1-6-22(9-10-25-5)18(23)12-15-13-26-17-8-7-14(19(24)20(2)3)11-16(17)21(15)4/h7-8,11,15H,6,9-10,12-13H2,1-5H3. The molecule has 144 valence electrons. The van der Waals surface area contributed by atoms with Gasteiger partial charge in [0.2, 0.25) is 5.91 Å². The first-order chi connectivity index (χ1) is 12.4. The van der Waals surface area contributed by atoms with E-state index in [1.165, 1.54) is 0 Å². The molecule has 0 spiro atoms. The highest BCUT2D eigenvalue weighted by molar-refractivity contribution is 5.95. The van der Waals surface area contributed by atoms with Gasteiger partial charge >= 0.3 is 0 Å². The molecule has 2 amide bonds. The Kier molecular flexibility index (Phi) is 6.85. The van der Waals surface area contributed by atoms with Crippen LogP contribution in [0, 0.1) is 0 Å². The van der Waals surface area contributed by atoms with E-state index in [1.807, 2.05) is 31.0 Å². The number of methoxy groups -OCH3 is 1. The summed E-state index contributed by atoms with van der Waals surface area (Å²) in [4.78, 5) is 30.2. The predicted molar refractivity (Wildman–Crippen MR) is 101 cm³/mol. The van der Waals surface area contributed by atoms with Crippen molar-refractivity contribution in [3.8, 4) is 5.75 Å². The monoisotopic (exact) mass is 363 g/mol. The van der Waals surface area contributed by atoms with E-state index in [2.05, 4.69) is 0 Å². The molecule has 1 aromatic rings. The molecule has 2 rings (SSSR count). The van der Waals surface area contributed by atoms with Gasteiger partial charge in [0, 0.05) is 46.9 Å². The molecule has 1 aliphatic rings. The van der Waals surface area contributed by atoms with E-state index in [0.29, 0.717) is 38.3 Å². The number of hydrogen-bond acceptors (Lipinski definition) is 5. The van der Waals surface area contributed by atoms with Crippen molar-refractivity contribution in [2.45, 2.75) is 19.4 Å². The molecule has 0 saturated heterocycles. The molecular weight excluding hydrogens is 334 g/mol. The SMILES string of the molecule is CCN(CCOC)C(=O)CC1COc2ccc(C(=O)N(C)C)cc2N1C. The molecule has 1 heterocycles. The van der Waals surface area contributed by atoms with Gasteiger partial charge in [-0.2, -0.15) is 0 Å². The molecule has 0 fully saturated rings. The van der Waals surface area contributed by atoms with Gasteiger partial charge in [-0.05, 0) is 25.1 Å². The fourth-order valence-corrected chi connectivity index (χ4v) is 2.99. The van der Waals surface area contributed by atoms with Crippen molar-refractivity contribution < 1.29 is 19.1 Å². The molecule has 7 nitrogen and oxygen atoms in total. The van der Waals surface area contributed by atoms with Gasteiger partial charge in [-0.3, -0.25) is 9.59 Å². The predicted octanol–water partition coefficient (Wildman–Crippen LogP) is 1.47. The Morgan fingerprint density at radius 2 is 2.08 bits per heavy atom. The van der Waals surface area contributed by atoms with Gasteiger partial charge in [-0.25, -0.2) is 0 Å². The minimum absolute atomic E-state index is 0.0591. The number of carbonyl (C=O) groups excluding carboxylic acids is 2. The van der Waals surface area contributed by atoms with Crippen LogP contribution < -0.4 is 9.64 Å². The quantitative estimate of drug-likeness (QED) is 0.734. The number of anilines is 1. The second kappa shape index (κ2) is 8.89. The molecule has 1 atom stereocenters. The van der Waals surface area contributed by atoms with Crippen LogP contribution in [0.15, 0.2) is 18.2 Å². The summed E-state index contributed by atoms with van der Waals surface area (Å²) in [7, 11) is 7.02. The average Bonchev–Trinajstić information content (AvgIpc) is 2.63. The number of nitrogens with zero attached hydrogens (tertiary/aromatic N) is 3. The van der Waals surface area contributed by atoms with E-state index in [1.54, 1.807) is 37.1 Å². The summed E-state index contributed by atoms with van der Waals surface area (Å²) < 4.78 is 10.9. The van der Waals surface area contributed by atoms with Crippen LogP contribution in [0.3, 0.4) is 0 Å². The lowest BCUT2D eigenvalue weighted by Gasteiger charge is -2.36. The molecule has 1 aliphatic heterocycles. The molecule has 1 aromatic carbocycles. The molecule has 0 N–H and O–H groups in total. The van der Waals surface area contributed by atoms with Gasteiger partial charge in [0.1, 0.15) is 12.4 Å². The fourth-order valence-electron chi connectivity index (χ4n) is 2.99. The molecule has 0 bridgehead atoms. The van der Waals surface area contributed by atoms with Crippen LogP contribution in [0.4, 0.5) is 5.69 Å². The van der Waals surface area contributed by atoms with Crippen LogP contribution in [0.2, 0.25) is 0 Å². The molecule has 7 heteroatoms. The number of benzene rings is 1. The number of hydrogen-bond donors (Lipinski definition) is 0. The molecule has 0 aromatic heterocycles. The van der Waals surface area contributed by atoms with Crippen molar-refractivity contribution >= 4 is 17.5 Å². The maximum Gasteiger partial charge on any atom is 0.253 e. The Bertz CT molecular complexity index is 648. The molecule has 0 saturated carbocycles. The number of likely N-dealkylation sites (N-methyl/N-ethyl adjacent to an activating group) is 2. The van der Waals surface area contributed by atoms with Gasteiger partial charge in [0.05, 0.1) is 24.8 Å². The van der Waals surface area contributed by atoms with Crippen LogP contribution in [0.1, 0.15) is 23.7 Å². The average molecular weight is 363 g/mol. The van der Waals surface area contributed by atoms with Crippen molar-refractivity contribution in [1.29, 1.82) is 0 Å². The van der Waals surface area contributed by atoms with Crippen molar-refractivity contribution in [1.82, 2.24) is 9.80 Å². The largest absolute Gasteiger partial charge is 0.489 e. The maximum absolute atomic E-state index is 12.6. The number of carbonyl (C=O) groups is 2. The number of rotatable bonds is 7. The molecule has 26 heavy (non-hydrogen) atoms. The summed E-state index contributed by atoms with van der Waals surface area (Å²) in [5.74, 6) is 0.753. The van der Waals surface area contributed by atoms with Gasteiger partial charge in [-0.15, -0.1) is 0 Å². The first-order valence-electron chi connectivity index (χ1n) is 8.87. The first kappa shape index (κ1) is 20.0. The highest BCUT2D eigenvalue weighted by atomic mass is 16.5. The summed E-state index contributed by atoms with van der Waals surface area (Å²) in [5, 5.41) is 0. The highest BCUT2D eigenvalue weighted by Gasteiger charge is 2.29. The van der Waals surface area contributed by atoms with Gasteiger partial charge in [-0.1, -0.05) is 0 Å². The Morgan fingerprint density at radius 3 is 2.69 bits per heavy atom. The summed E-state index contributed by atoms with van der Waals surface area (Å²) in [6.45, 7) is 4.16. The summed E-state index contributed by atoms with van der Waals surface area (Å²) in [5.41, 5.74) is 1.44. The van der Waals surface area contributed by atoms with E-state index in [0.717, 1.165) is 11.4 Å². The smallest absolute Gasteiger partial charge is 0.253 e. The molecule has 0 radical (unpaired) electrons. The Morgan fingerprint density at radius 1 is 1.35 bits per heavy atom. The lowest BCUT2D eigenvalue weighted by Crippen LogP contribution is -2.45. The fraction of sp³-hybridized carbons (Fsp3) is 0.579. The van der Waals surface area contributed by atoms with E-state index < -0.39 is 0 Å². The molecule has 1 unspecified atom stereocenters. The number of amides is 2. The highest BCUT2D eigenvalue weighted by Crippen LogP contribution is 2.34. The second-order valence-corrected chi connectivity index (χ2v) is 6.63. The minimum atomic E-state index is -0.0729. The van der Waals surface area contributed by atoms with Crippen molar-refractivity contribution in [3.05, 3.63) is 23.8 Å². The number of fused-ring (bicyclic) bond motifs is 1. The first-order valence-corrected chi connectivity index (χ1v) is 8.87. The van der Waals surface area contributed by atoms with Gasteiger partial charge in [0.15, 0.2) is 0 Å². The Labute approximate surface area is 155 Å². The third kappa shape index (κ3) is 4.46. The topological polar surface area (TPSA) is 62.3 Å². The lowest BCUT2D eigenvalue weighted by molar-refractivity contribution is -0.132. The molecule has 0 aliphatic carbocycles. The zero-order valence-electron chi connectivity index (χ0n) is 16.3.